The Morgan fingerprint density at radius 2 is 1.89 bits per heavy atom. The Morgan fingerprint density at radius 3 is 2.37 bits per heavy atom. The fourth-order valence-electron chi connectivity index (χ4n) is 1.32. The lowest BCUT2D eigenvalue weighted by atomic mass is 10.0. The highest BCUT2D eigenvalue weighted by molar-refractivity contribution is 6.08. The van der Waals surface area contributed by atoms with Gasteiger partial charge in [0.25, 0.3) is 5.70 Å². The number of hydrogen-bond donors (Lipinski definition) is 0. The van der Waals surface area contributed by atoms with Gasteiger partial charge in [-0.05, 0) is 42.8 Å². The van der Waals surface area contributed by atoms with Gasteiger partial charge in [-0.1, -0.05) is 6.58 Å². The van der Waals surface area contributed by atoms with Gasteiger partial charge in [0, 0.05) is 17.7 Å². The molecule has 1 aromatic rings. The van der Waals surface area contributed by atoms with Crippen molar-refractivity contribution in [3.8, 4) is 0 Å². The zero-order valence-electron chi connectivity index (χ0n) is 10.3. The highest BCUT2D eigenvalue weighted by Crippen LogP contribution is 2.10. The molecule has 0 saturated heterocycles. The first kappa shape index (κ1) is 14.5. The van der Waals surface area contributed by atoms with Gasteiger partial charge in [-0.25, -0.2) is 4.39 Å². The SMILES string of the molecule is C=C/C(=C\C=C(/C)C(=O)c1ccc(F)cc1)[N+](=O)[O-]. The van der Waals surface area contributed by atoms with Crippen LogP contribution >= 0.6 is 0 Å². The highest BCUT2D eigenvalue weighted by Gasteiger charge is 2.08. The summed E-state index contributed by atoms with van der Waals surface area (Å²) in [5.41, 5.74) is 0.434. The number of nitro groups is 1. The second kappa shape index (κ2) is 6.39. The van der Waals surface area contributed by atoms with E-state index in [1.165, 1.54) is 43.3 Å². The van der Waals surface area contributed by atoms with Crippen LogP contribution in [0.3, 0.4) is 0 Å². The molecule has 0 aliphatic carbocycles. The Kier molecular flexibility index (Phi) is 4.88. The van der Waals surface area contributed by atoms with Crippen LogP contribution in [0.25, 0.3) is 0 Å². The van der Waals surface area contributed by atoms with E-state index < -0.39 is 10.7 Å². The lowest BCUT2D eigenvalue weighted by Gasteiger charge is -2.00. The Balaban J connectivity index is 2.96. The molecule has 0 amide bonds. The maximum Gasteiger partial charge on any atom is 0.268 e. The number of allylic oxidation sites excluding steroid dienone is 4. The minimum Gasteiger partial charge on any atom is -0.289 e. The molecule has 0 aliphatic rings. The average molecular weight is 261 g/mol. The van der Waals surface area contributed by atoms with Crippen LogP contribution in [0.4, 0.5) is 4.39 Å². The zero-order chi connectivity index (χ0) is 14.4. The van der Waals surface area contributed by atoms with Crippen molar-refractivity contribution in [3.63, 3.8) is 0 Å². The summed E-state index contributed by atoms with van der Waals surface area (Å²) >= 11 is 0. The average Bonchev–Trinajstić information content (AvgIpc) is 2.38. The van der Waals surface area contributed by atoms with Crippen LogP contribution in [-0.2, 0) is 0 Å². The number of rotatable bonds is 5. The number of carbonyl (C=O) groups is 1. The summed E-state index contributed by atoms with van der Waals surface area (Å²) in [5.74, 6) is -0.747. The largest absolute Gasteiger partial charge is 0.289 e. The lowest BCUT2D eigenvalue weighted by molar-refractivity contribution is -0.418. The minimum atomic E-state index is -0.598. The van der Waals surface area contributed by atoms with Gasteiger partial charge < -0.3 is 0 Å². The number of Topliss-reactive ketones (excluding diaryl/α,β-unsaturated/α-hetero) is 1. The second-order valence-corrected chi connectivity index (χ2v) is 3.74. The van der Waals surface area contributed by atoms with Crippen LogP contribution < -0.4 is 0 Å². The monoisotopic (exact) mass is 261 g/mol. The molecule has 0 bridgehead atoms. The van der Waals surface area contributed by atoms with E-state index in [0.717, 1.165) is 6.08 Å². The molecule has 0 spiro atoms. The van der Waals surface area contributed by atoms with Crippen LogP contribution in [0.1, 0.15) is 17.3 Å². The number of carbonyl (C=O) groups excluding carboxylic acids is 1. The van der Waals surface area contributed by atoms with Crippen LogP contribution in [0.2, 0.25) is 0 Å². The van der Waals surface area contributed by atoms with Crippen molar-refractivity contribution >= 4 is 5.78 Å². The standard InChI is InChI=1S/C14H12FNO3/c1-3-13(16(18)19)9-4-10(2)14(17)11-5-7-12(15)8-6-11/h3-9H,1H2,2H3/b10-4+,13-9+. The van der Waals surface area contributed by atoms with Gasteiger partial charge in [0.2, 0.25) is 0 Å². The molecule has 0 heterocycles. The Bertz CT molecular complexity index is 571. The smallest absolute Gasteiger partial charge is 0.268 e. The molecule has 1 aromatic carbocycles. The van der Waals surface area contributed by atoms with Crippen molar-refractivity contribution in [1.82, 2.24) is 0 Å². The summed E-state index contributed by atoms with van der Waals surface area (Å²) in [4.78, 5) is 21.8. The molecule has 0 fully saturated rings. The lowest BCUT2D eigenvalue weighted by Crippen LogP contribution is -2.01. The number of ketones is 1. The quantitative estimate of drug-likeness (QED) is 0.268. The number of benzene rings is 1. The van der Waals surface area contributed by atoms with Crippen molar-refractivity contribution in [3.05, 3.63) is 81.8 Å². The third-order valence-corrected chi connectivity index (χ3v) is 2.39. The van der Waals surface area contributed by atoms with Gasteiger partial charge in [-0.2, -0.15) is 0 Å². The van der Waals surface area contributed by atoms with E-state index in [2.05, 4.69) is 6.58 Å². The molecular formula is C14H12FNO3. The number of halogens is 1. The van der Waals surface area contributed by atoms with Gasteiger partial charge in [-0.15, -0.1) is 0 Å². The van der Waals surface area contributed by atoms with Crippen molar-refractivity contribution in [1.29, 1.82) is 0 Å². The molecule has 0 aromatic heterocycles. The third kappa shape index (κ3) is 3.99. The molecule has 0 saturated carbocycles. The fraction of sp³-hybridized carbons (Fsp3) is 0.0714. The van der Waals surface area contributed by atoms with Crippen LogP contribution in [0.15, 0.2) is 60.3 Å². The Hall–Kier alpha value is -2.56. The van der Waals surface area contributed by atoms with Gasteiger partial charge in [0.05, 0.1) is 4.92 Å². The first-order valence-corrected chi connectivity index (χ1v) is 5.41. The first-order valence-electron chi connectivity index (χ1n) is 5.41. The van der Waals surface area contributed by atoms with E-state index in [9.17, 15) is 19.3 Å². The van der Waals surface area contributed by atoms with Gasteiger partial charge in [-0.3, -0.25) is 14.9 Å². The molecule has 19 heavy (non-hydrogen) atoms. The van der Waals surface area contributed by atoms with Crippen molar-refractivity contribution < 1.29 is 14.1 Å². The molecule has 0 atom stereocenters. The van der Waals surface area contributed by atoms with E-state index in [1.54, 1.807) is 0 Å². The predicted octanol–water partition coefficient (Wildman–Crippen LogP) is 3.30. The molecule has 98 valence electrons. The molecule has 0 unspecified atom stereocenters. The van der Waals surface area contributed by atoms with Crippen molar-refractivity contribution in [2.75, 3.05) is 0 Å². The van der Waals surface area contributed by atoms with E-state index in [-0.39, 0.29) is 11.5 Å². The maximum atomic E-state index is 12.7. The Labute approximate surface area is 109 Å². The Morgan fingerprint density at radius 1 is 1.32 bits per heavy atom. The van der Waals surface area contributed by atoms with E-state index in [1.807, 2.05) is 0 Å². The molecule has 4 nitrogen and oxygen atoms in total. The van der Waals surface area contributed by atoms with E-state index in [4.69, 9.17) is 0 Å². The first-order chi connectivity index (χ1) is 8.95. The molecular weight excluding hydrogens is 249 g/mol. The normalized spacial score (nSPS) is 12.1. The summed E-state index contributed by atoms with van der Waals surface area (Å²) < 4.78 is 12.7. The van der Waals surface area contributed by atoms with Crippen molar-refractivity contribution in [2.45, 2.75) is 6.92 Å². The third-order valence-electron chi connectivity index (χ3n) is 2.39. The number of nitrogens with zero attached hydrogens (tertiary/aromatic N) is 1. The predicted molar refractivity (Wildman–Crippen MR) is 69.8 cm³/mol. The molecule has 0 aliphatic heterocycles. The maximum absolute atomic E-state index is 12.7. The van der Waals surface area contributed by atoms with E-state index >= 15 is 0 Å². The van der Waals surface area contributed by atoms with Crippen LogP contribution in [0.5, 0.6) is 0 Å². The summed E-state index contributed by atoms with van der Waals surface area (Å²) in [6, 6.07) is 5.09. The van der Waals surface area contributed by atoms with Gasteiger partial charge in [0.15, 0.2) is 5.78 Å². The molecule has 5 heteroatoms. The number of hydrogen-bond acceptors (Lipinski definition) is 3. The van der Waals surface area contributed by atoms with E-state index in [0.29, 0.717) is 11.1 Å². The van der Waals surface area contributed by atoms with Crippen LogP contribution in [0, 0.1) is 15.9 Å². The molecule has 1 rings (SSSR count). The summed E-state index contributed by atoms with van der Waals surface area (Å²) in [7, 11) is 0. The highest BCUT2D eigenvalue weighted by atomic mass is 19.1. The zero-order valence-corrected chi connectivity index (χ0v) is 10.3. The minimum absolute atomic E-state index is 0.203. The summed E-state index contributed by atoms with van der Waals surface area (Å²) in [5, 5.41) is 10.5. The summed E-state index contributed by atoms with van der Waals surface area (Å²) in [6.45, 7) is 4.84. The topological polar surface area (TPSA) is 60.2 Å². The molecule has 0 radical (unpaired) electrons. The van der Waals surface area contributed by atoms with Gasteiger partial charge >= 0.3 is 0 Å². The molecule has 0 N–H and O–H groups in total. The van der Waals surface area contributed by atoms with Crippen molar-refractivity contribution in [2.24, 2.45) is 0 Å². The summed E-state index contributed by atoms with van der Waals surface area (Å²) in [6.07, 6.45) is 3.63. The van der Waals surface area contributed by atoms with Crippen LogP contribution in [-0.4, -0.2) is 10.7 Å². The second-order valence-electron chi connectivity index (χ2n) is 3.74. The van der Waals surface area contributed by atoms with Gasteiger partial charge in [0.1, 0.15) is 5.82 Å². The fourth-order valence-corrected chi connectivity index (χ4v) is 1.32.